The van der Waals surface area contributed by atoms with Gasteiger partial charge in [-0.2, -0.15) is 0 Å². The lowest BCUT2D eigenvalue weighted by molar-refractivity contribution is -0.153. The molecule has 2 aliphatic heterocycles. The van der Waals surface area contributed by atoms with Crippen molar-refractivity contribution in [1.82, 2.24) is 19.7 Å². The SMILES string of the molecule is CCN1CCN(C(=O)[C@H]2CC(=O)N(C(C)C)C2)[C@H](Cc2cccc(-c3cccnc3)c2)C1=O. The summed E-state index contributed by atoms with van der Waals surface area (Å²) in [6, 6.07) is 11.5. The molecule has 0 aliphatic carbocycles. The molecule has 2 fully saturated rings. The van der Waals surface area contributed by atoms with Crippen molar-refractivity contribution in [3.8, 4) is 11.1 Å². The lowest BCUT2D eigenvalue weighted by Crippen LogP contribution is -2.60. The van der Waals surface area contributed by atoms with Gasteiger partial charge in [-0.1, -0.05) is 30.3 Å². The lowest BCUT2D eigenvalue weighted by Gasteiger charge is -2.41. The first kappa shape index (κ1) is 23.0. The van der Waals surface area contributed by atoms with E-state index in [0.717, 1.165) is 16.7 Å². The minimum Gasteiger partial charge on any atom is -0.339 e. The zero-order valence-corrected chi connectivity index (χ0v) is 19.6. The van der Waals surface area contributed by atoms with Crippen LogP contribution < -0.4 is 0 Å². The topological polar surface area (TPSA) is 73.8 Å². The van der Waals surface area contributed by atoms with E-state index in [1.165, 1.54) is 0 Å². The number of benzene rings is 1. The number of carbonyl (C=O) groups excluding carboxylic acids is 3. The molecule has 3 amide bonds. The zero-order valence-electron chi connectivity index (χ0n) is 19.6. The molecular formula is C26H32N4O3. The average Bonchev–Trinajstić information content (AvgIpc) is 3.22. The molecule has 2 aromatic rings. The van der Waals surface area contributed by atoms with Gasteiger partial charge in [0.15, 0.2) is 0 Å². The zero-order chi connectivity index (χ0) is 23.5. The Morgan fingerprint density at radius 2 is 1.91 bits per heavy atom. The van der Waals surface area contributed by atoms with Gasteiger partial charge < -0.3 is 14.7 Å². The molecule has 0 bridgehead atoms. The molecule has 0 saturated carbocycles. The molecule has 0 spiro atoms. The van der Waals surface area contributed by atoms with Crippen molar-refractivity contribution < 1.29 is 14.4 Å². The van der Waals surface area contributed by atoms with Gasteiger partial charge in [0.05, 0.1) is 5.92 Å². The number of hydrogen-bond acceptors (Lipinski definition) is 4. The lowest BCUT2D eigenvalue weighted by atomic mass is 9.96. The van der Waals surface area contributed by atoms with E-state index in [1.807, 2.05) is 62.2 Å². The molecule has 2 atom stereocenters. The number of aromatic nitrogens is 1. The average molecular weight is 449 g/mol. The molecule has 7 heteroatoms. The van der Waals surface area contributed by atoms with E-state index in [0.29, 0.717) is 32.6 Å². The number of carbonyl (C=O) groups is 3. The third-order valence-electron chi connectivity index (χ3n) is 6.73. The third kappa shape index (κ3) is 4.77. The van der Waals surface area contributed by atoms with Crippen molar-refractivity contribution in [3.63, 3.8) is 0 Å². The van der Waals surface area contributed by atoms with E-state index >= 15 is 0 Å². The molecule has 2 saturated heterocycles. The quantitative estimate of drug-likeness (QED) is 0.681. The first-order valence-electron chi connectivity index (χ1n) is 11.8. The van der Waals surface area contributed by atoms with E-state index in [2.05, 4.69) is 11.1 Å². The highest BCUT2D eigenvalue weighted by atomic mass is 16.2. The fourth-order valence-electron chi connectivity index (χ4n) is 4.88. The number of pyridine rings is 1. The molecule has 7 nitrogen and oxygen atoms in total. The normalized spacial score (nSPS) is 21.3. The summed E-state index contributed by atoms with van der Waals surface area (Å²) in [5.41, 5.74) is 3.04. The Balaban J connectivity index is 1.57. The summed E-state index contributed by atoms with van der Waals surface area (Å²) in [7, 11) is 0. The van der Waals surface area contributed by atoms with Crippen LogP contribution in [0.4, 0.5) is 0 Å². The Morgan fingerprint density at radius 1 is 1.12 bits per heavy atom. The monoisotopic (exact) mass is 448 g/mol. The van der Waals surface area contributed by atoms with E-state index in [9.17, 15) is 14.4 Å². The molecule has 3 heterocycles. The number of rotatable bonds is 6. The number of likely N-dealkylation sites (N-methyl/N-ethyl adjacent to an activating group) is 1. The van der Waals surface area contributed by atoms with E-state index in [-0.39, 0.29) is 36.1 Å². The number of piperazine rings is 1. The maximum atomic E-state index is 13.5. The molecule has 0 radical (unpaired) electrons. The van der Waals surface area contributed by atoms with Crippen molar-refractivity contribution in [3.05, 3.63) is 54.4 Å². The van der Waals surface area contributed by atoms with E-state index in [1.54, 1.807) is 16.0 Å². The van der Waals surface area contributed by atoms with Crippen LogP contribution in [-0.4, -0.2) is 75.7 Å². The molecule has 2 aliphatic rings. The highest BCUT2D eigenvalue weighted by molar-refractivity contribution is 5.93. The van der Waals surface area contributed by atoms with Gasteiger partial charge in [0.1, 0.15) is 6.04 Å². The maximum Gasteiger partial charge on any atom is 0.245 e. The maximum absolute atomic E-state index is 13.5. The third-order valence-corrected chi connectivity index (χ3v) is 6.73. The Hall–Kier alpha value is -3.22. The minimum absolute atomic E-state index is 0.0163. The van der Waals surface area contributed by atoms with Crippen molar-refractivity contribution in [2.24, 2.45) is 5.92 Å². The van der Waals surface area contributed by atoms with Gasteiger partial charge in [-0.25, -0.2) is 0 Å². The van der Waals surface area contributed by atoms with Crippen LogP contribution in [-0.2, 0) is 20.8 Å². The van der Waals surface area contributed by atoms with Gasteiger partial charge in [0, 0.05) is 57.5 Å². The van der Waals surface area contributed by atoms with Crippen molar-refractivity contribution in [2.45, 2.75) is 45.7 Å². The highest BCUT2D eigenvalue weighted by Crippen LogP contribution is 2.27. The van der Waals surface area contributed by atoms with Crippen LogP contribution in [0.2, 0.25) is 0 Å². The van der Waals surface area contributed by atoms with Crippen LogP contribution in [0, 0.1) is 5.92 Å². The van der Waals surface area contributed by atoms with Gasteiger partial charge in [0.2, 0.25) is 17.7 Å². The van der Waals surface area contributed by atoms with Crippen LogP contribution in [0.5, 0.6) is 0 Å². The predicted molar refractivity (Wildman–Crippen MR) is 126 cm³/mol. The molecule has 1 aromatic heterocycles. The fourth-order valence-corrected chi connectivity index (χ4v) is 4.88. The van der Waals surface area contributed by atoms with Gasteiger partial charge in [-0.05, 0) is 43.5 Å². The standard InChI is InChI=1S/C26H32N4O3/c1-4-28-11-12-29(25(32)22-15-24(31)30(17-22)18(2)3)23(26(28)33)14-19-7-5-8-20(13-19)21-9-6-10-27-16-21/h5-10,13,16,18,22-23H,4,11-12,14-15,17H2,1-3H3/t22-,23+/m0/s1. The second kappa shape index (κ2) is 9.73. The molecule has 1 aromatic carbocycles. The largest absolute Gasteiger partial charge is 0.339 e. The van der Waals surface area contributed by atoms with Crippen LogP contribution in [0.15, 0.2) is 48.8 Å². The first-order valence-corrected chi connectivity index (χ1v) is 11.8. The second-order valence-corrected chi connectivity index (χ2v) is 9.15. The van der Waals surface area contributed by atoms with Gasteiger partial charge in [-0.15, -0.1) is 0 Å². The summed E-state index contributed by atoms with van der Waals surface area (Å²) in [5, 5.41) is 0. The van der Waals surface area contributed by atoms with Crippen LogP contribution in [0.25, 0.3) is 11.1 Å². The molecule has 33 heavy (non-hydrogen) atoms. The van der Waals surface area contributed by atoms with Crippen LogP contribution in [0.1, 0.15) is 32.8 Å². The Kier molecular flexibility index (Phi) is 6.77. The van der Waals surface area contributed by atoms with Crippen LogP contribution >= 0.6 is 0 Å². The van der Waals surface area contributed by atoms with Crippen molar-refractivity contribution in [2.75, 3.05) is 26.2 Å². The Labute approximate surface area is 195 Å². The van der Waals surface area contributed by atoms with E-state index in [4.69, 9.17) is 0 Å². The predicted octanol–water partition coefficient (Wildman–Crippen LogP) is 2.61. The molecule has 0 N–H and O–H groups in total. The Bertz CT molecular complexity index is 1020. The smallest absolute Gasteiger partial charge is 0.245 e. The molecule has 0 unspecified atom stereocenters. The molecule has 4 rings (SSSR count). The molecular weight excluding hydrogens is 416 g/mol. The first-order chi connectivity index (χ1) is 15.9. The van der Waals surface area contributed by atoms with E-state index < -0.39 is 6.04 Å². The highest BCUT2D eigenvalue weighted by Gasteiger charge is 2.43. The summed E-state index contributed by atoms with van der Waals surface area (Å²) in [5.74, 6) is -0.467. The summed E-state index contributed by atoms with van der Waals surface area (Å²) in [6.45, 7) is 7.97. The van der Waals surface area contributed by atoms with Gasteiger partial charge >= 0.3 is 0 Å². The summed E-state index contributed by atoms with van der Waals surface area (Å²) < 4.78 is 0. The molecule has 174 valence electrons. The number of hydrogen-bond donors (Lipinski definition) is 0. The number of nitrogens with zero attached hydrogens (tertiary/aromatic N) is 4. The summed E-state index contributed by atoms with van der Waals surface area (Å²) in [4.78, 5) is 48.7. The minimum atomic E-state index is -0.557. The summed E-state index contributed by atoms with van der Waals surface area (Å²) in [6.07, 6.45) is 4.23. The summed E-state index contributed by atoms with van der Waals surface area (Å²) >= 11 is 0. The van der Waals surface area contributed by atoms with Crippen LogP contribution in [0.3, 0.4) is 0 Å². The van der Waals surface area contributed by atoms with Gasteiger partial charge in [0.25, 0.3) is 0 Å². The Morgan fingerprint density at radius 3 is 2.58 bits per heavy atom. The number of amides is 3. The fraction of sp³-hybridized carbons (Fsp3) is 0.462. The number of likely N-dealkylation sites (tertiary alicyclic amines) is 1. The second-order valence-electron chi connectivity index (χ2n) is 9.15. The van der Waals surface area contributed by atoms with Crippen molar-refractivity contribution in [1.29, 1.82) is 0 Å². The van der Waals surface area contributed by atoms with Gasteiger partial charge in [-0.3, -0.25) is 19.4 Å². The van der Waals surface area contributed by atoms with Crippen molar-refractivity contribution >= 4 is 17.7 Å².